The zero-order valence-corrected chi connectivity index (χ0v) is 10.8. The zero-order chi connectivity index (χ0) is 10.6. The highest BCUT2D eigenvalue weighted by molar-refractivity contribution is 9.11. The minimum absolute atomic E-state index is 0.611. The van der Waals surface area contributed by atoms with Crippen LogP contribution in [0.2, 0.25) is 10.0 Å². The van der Waals surface area contributed by atoms with Crippen molar-refractivity contribution < 1.29 is 0 Å². The molecule has 1 aromatic rings. The second-order valence-corrected chi connectivity index (χ2v) is 5.06. The lowest BCUT2D eigenvalue weighted by Gasteiger charge is -2.02. The minimum Gasteiger partial charge on any atom is -0.0889 e. The average molecular weight is 294 g/mol. The summed E-state index contributed by atoms with van der Waals surface area (Å²) in [6.45, 7) is 3.79. The fourth-order valence-corrected chi connectivity index (χ4v) is 1.78. The van der Waals surface area contributed by atoms with E-state index in [1.54, 1.807) is 0 Å². The Balaban J connectivity index is 2.51. The molecule has 0 heterocycles. The van der Waals surface area contributed by atoms with Gasteiger partial charge in [-0.05, 0) is 41.4 Å². The second kappa shape index (κ2) is 5.79. The Morgan fingerprint density at radius 1 is 1.29 bits per heavy atom. The Labute approximate surface area is 103 Å². The summed E-state index contributed by atoms with van der Waals surface area (Å²) in [6, 6.07) is 5.76. The van der Waals surface area contributed by atoms with Gasteiger partial charge in [0, 0.05) is 0 Å². The summed E-state index contributed by atoms with van der Waals surface area (Å²) >= 11 is 15.0. The van der Waals surface area contributed by atoms with E-state index < -0.39 is 0 Å². The molecule has 0 amide bonds. The molecule has 14 heavy (non-hydrogen) atoms. The van der Waals surface area contributed by atoms with Crippen LogP contribution in [0.1, 0.15) is 18.4 Å². The fraction of sp³-hybridized carbons (Fsp3) is 0.273. The highest BCUT2D eigenvalue weighted by atomic mass is 79.9. The van der Waals surface area contributed by atoms with E-state index in [4.69, 9.17) is 23.2 Å². The summed E-state index contributed by atoms with van der Waals surface area (Å²) < 4.78 is 1.04. The van der Waals surface area contributed by atoms with E-state index in [1.165, 1.54) is 5.56 Å². The number of aryl methyl sites for hydroxylation is 1. The van der Waals surface area contributed by atoms with Crippen molar-refractivity contribution in [2.75, 3.05) is 0 Å². The zero-order valence-electron chi connectivity index (χ0n) is 7.69. The van der Waals surface area contributed by atoms with Crippen molar-refractivity contribution in [2.24, 2.45) is 0 Å². The van der Waals surface area contributed by atoms with Crippen LogP contribution in [-0.4, -0.2) is 0 Å². The first-order chi connectivity index (χ1) is 6.59. The molecule has 1 aromatic carbocycles. The van der Waals surface area contributed by atoms with Gasteiger partial charge in [-0.25, -0.2) is 0 Å². The molecule has 0 bridgehead atoms. The summed E-state index contributed by atoms with van der Waals surface area (Å²) in [7, 11) is 0. The summed E-state index contributed by atoms with van der Waals surface area (Å²) in [4.78, 5) is 0. The molecular formula is C11H11BrCl2. The topological polar surface area (TPSA) is 0 Å². The van der Waals surface area contributed by atoms with Crippen molar-refractivity contribution in [3.8, 4) is 0 Å². The quantitative estimate of drug-likeness (QED) is 0.713. The second-order valence-electron chi connectivity index (χ2n) is 3.12. The predicted molar refractivity (Wildman–Crippen MR) is 67.5 cm³/mol. The molecule has 0 aliphatic rings. The van der Waals surface area contributed by atoms with E-state index in [0.29, 0.717) is 10.0 Å². The van der Waals surface area contributed by atoms with Gasteiger partial charge in [0.25, 0.3) is 0 Å². The first kappa shape index (κ1) is 12.1. The molecule has 0 radical (unpaired) electrons. The Kier molecular flexibility index (Phi) is 5.00. The number of allylic oxidation sites excluding steroid dienone is 1. The van der Waals surface area contributed by atoms with E-state index in [-0.39, 0.29) is 0 Å². The lowest BCUT2D eigenvalue weighted by atomic mass is 10.1. The van der Waals surface area contributed by atoms with Crippen LogP contribution in [0.25, 0.3) is 0 Å². The van der Waals surface area contributed by atoms with Gasteiger partial charge < -0.3 is 0 Å². The van der Waals surface area contributed by atoms with Gasteiger partial charge in [0.15, 0.2) is 0 Å². The molecular weight excluding hydrogens is 283 g/mol. The fourth-order valence-electron chi connectivity index (χ4n) is 1.18. The van der Waals surface area contributed by atoms with Crippen molar-refractivity contribution in [1.82, 2.24) is 0 Å². The van der Waals surface area contributed by atoms with E-state index in [9.17, 15) is 0 Å². The van der Waals surface area contributed by atoms with Crippen LogP contribution < -0.4 is 0 Å². The van der Waals surface area contributed by atoms with Crippen LogP contribution in [0.15, 0.2) is 29.3 Å². The lowest BCUT2D eigenvalue weighted by molar-refractivity contribution is 0.839. The average Bonchev–Trinajstić information content (AvgIpc) is 2.10. The van der Waals surface area contributed by atoms with Gasteiger partial charge >= 0.3 is 0 Å². The molecule has 3 heteroatoms. The number of hydrogen-bond donors (Lipinski definition) is 0. The van der Waals surface area contributed by atoms with Gasteiger partial charge in [-0.3, -0.25) is 0 Å². The number of rotatable bonds is 4. The third kappa shape index (κ3) is 4.04. The van der Waals surface area contributed by atoms with E-state index in [2.05, 4.69) is 22.5 Å². The van der Waals surface area contributed by atoms with Crippen molar-refractivity contribution in [3.63, 3.8) is 0 Å². The molecule has 0 nitrogen and oxygen atoms in total. The van der Waals surface area contributed by atoms with Gasteiger partial charge in [0.05, 0.1) is 10.0 Å². The molecule has 0 atom stereocenters. The Hall–Kier alpha value is 0.0200. The van der Waals surface area contributed by atoms with Gasteiger partial charge in [0.1, 0.15) is 0 Å². The normalized spacial score (nSPS) is 10.2. The molecule has 1 rings (SSSR count). The van der Waals surface area contributed by atoms with Gasteiger partial charge in [-0.2, -0.15) is 0 Å². The third-order valence-corrected chi connectivity index (χ3v) is 3.03. The van der Waals surface area contributed by atoms with Crippen molar-refractivity contribution >= 4 is 39.1 Å². The molecule has 76 valence electrons. The van der Waals surface area contributed by atoms with Crippen molar-refractivity contribution in [3.05, 3.63) is 44.9 Å². The maximum Gasteiger partial charge on any atom is 0.0595 e. The molecule has 0 spiro atoms. The summed E-state index contributed by atoms with van der Waals surface area (Å²) in [5, 5.41) is 1.24. The van der Waals surface area contributed by atoms with Crippen LogP contribution in [0.3, 0.4) is 0 Å². The van der Waals surface area contributed by atoms with Crippen LogP contribution >= 0.6 is 39.1 Å². The first-order valence-electron chi connectivity index (χ1n) is 4.37. The standard InChI is InChI=1S/C11H11BrCl2/c1-8(12)3-2-4-9-5-6-10(13)11(14)7-9/h5-7H,1-4H2. The van der Waals surface area contributed by atoms with E-state index >= 15 is 0 Å². The monoisotopic (exact) mass is 292 g/mol. The molecule has 0 aliphatic heterocycles. The SMILES string of the molecule is C=C(Br)CCCc1ccc(Cl)c(Cl)c1. The molecule has 0 saturated heterocycles. The first-order valence-corrected chi connectivity index (χ1v) is 5.91. The van der Waals surface area contributed by atoms with Crippen LogP contribution in [0.4, 0.5) is 0 Å². The largest absolute Gasteiger partial charge is 0.0889 e. The summed E-state index contributed by atoms with van der Waals surface area (Å²) in [5.41, 5.74) is 1.22. The van der Waals surface area contributed by atoms with Gasteiger partial charge in [-0.15, -0.1) is 0 Å². The smallest absolute Gasteiger partial charge is 0.0595 e. The summed E-state index contributed by atoms with van der Waals surface area (Å²) in [5.74, 6) is 0. The maximum absolute atomic E-state index is 5.90. The number of benzene rings is 1. The van der Waals surface area contributed by atoms with Crippen molar-refractivity contribution in [1.29, 1.82) is 0 Å². The highest BCUT2D eigenvalue weighted by Crippen LogP contribution is 2.23. The molecule has 0 aromatic heterocycles. The number of halogens is 3. The van der Waals surface area contributed by atoms with Gasteiger partial charge in [0.2, 0.25) is 0 Å². The van der Waals surface area contributed by atoms with E-state index in [1.807, 2.05) is 18.2 Å². The van der Waals surface area contributed by atoms with Crippen LogP contribution in [0, 0.1) is 0 Å². The maximum atomic E-state index is 5.90. The van der Waals surface area contributed by atoms with E-state index in [0.717, 1.165) is 23.7 Å². The van der Waals surface area contributed by atoms with Crippen LogP contribution in [-0.2, 0) is 6.42 Å². The third-order valence-electron chi connectivity index (χ3n) is 1.90. The van der Waals surface area contributed by atoms with Crippen molar-refractivity contribution in [2.45, 2.75) is 19.3 Å². The molecule has 0 aliphatic carbocycles. The molecule has 0 saturated carbocycles. The summed E-state index contributed by atoms with van der Waals surface area (Å²) in [6.07, 6.45) is 3.06. The highest BCUT2D eigenvalue weighted by Gasteiger charge is 1.99. The molecule has 0 unspecified atom stereocenters. The Morgan fingerprint density at radius 3 is 2.57 bits per heavy atom. The Bertz CT molecular complexity index is 334. The Morgan fingerprint density at radius 2 is 2.00 bits per heavy atom. The molecule has 0 N–H and O–H groups in total. The number of hydrogen-bond acceptors (Lipinski definition) is 0. The predicted octanol–water partition coefficient (Wildman–Crippen LogP) is 5.22. The lowest BCUT2D eigenvalue weighted by Crippen LogP contribution is -1.85. The van der Waals surface area contributed by atoms with Crippen LogP contribution in [0.5, 0.6) is 0 Å². The molecule has 0 fully saturated rings. The minimum atomic E-state index is 0.611. The van der Waals surface area contributed by atoms with Gasteiger partial charge in [-0.1, -0.05) is 51.8 Å².